The molecule has 0 radical (unpaired) electrons. The third-order valence-electron chi connectivity index (χ3n) is 7.74. The minimum absolute atomic E-state index is 0.210. The molecule has 0 aliphatic carbocycles. The van der Waals surface area contributed by atoms with Crippen molar-refractivity contribution in [2.45, 2.75) is 94.7 Å². The highest BCUT2D eigenvalue weighted by atomic mass is 32.2. The van der Waals surface area contributed by atoms with Gasteiger partial charge in [0.15, 0.2) is 18.8 Å². The van der Waals surface area contributed by atoms with Crippen molar-refractivity contribution in [3.05, 3.63) is 59.7 Å². The SMILES string of the molecule is COC(=O)[C@]1(Sc2ccc(C)cc2)C[C@H](OC(C)=O)[C@@H](NC(=O)COC(C)=O)[C@H]([C@H](OC(C)=O)[C@@H](CNC(=O)Cc2cccc(OC(C)=O)c2)OC(C)=O)O1. The van der Waals surface area contributed by atoms with Crippen LogP contribution < -0.4 is 15.4 Å². The van der Waals surface area contributed by atoms with E-state index >= 15 is 0 Å². The lowest BCUT2D eigenvalue weighted by Crippen LogP contribution is -2.68. The van der Waals surface area contributed by atoms with Crippen molar-refractivity contribution in [2.75, 3.05) is 20.3 Å². The van der Waals surface area contributed by atoms with Crippen molar-refractivity contribution in [3.63, 3.8) is 0 Å². The Morgan fingerprint density at radius 2 is 1.53 bits per heavy atom. The molecule has 0 aromatic heterocycles. The highest BCUT2D eigenvalue weighted by Gasteiger charge is 2.59. The lowest BCUT2D eigenvalue weighted by molar-refractivity contribution is -0.221. The highest BCUT2D eigenvalue weighted by molar-refractivity contribution is 8.01. The third kappa shape index (κ3) is 13.7. The van der Waals surface area contributed by atoms with Crippen molar-refractivity contribution in [3.8, 4) is 5.75 Å². The first-order valence-corrected chi connectivity index (χ1v) is 17.7. The number of hydrogen-bond acceptors (Lipinski definition) is 16. The summed E-state index contributed by atoms with van der Waals surface area (Å²) in [4.78, 5) is 99.4. The maximum absolute atomic E-state index is 13.8. The van der Waals surface area contributed by atoms with Gasteiger partial charge in [-0.05, 0) is 36.8 Å². The van der Waals surface area contributed by atoms with Crippen LogP contribution >= 0.6 is 11.8 Å². The zero-order valence-corrected chi connectivity index (χ0v) is 32.2. The molecule has 0 spiro atoms. The van der Waals surface area contributed by atoms with Gasteiger partial charge in [-0.2, -0.15) is 0 Å². The maximum Gasteiger partial charge on any atom is 0.349 e. The summed E-state index contributed by atoms with van der Waals surface area (Å²) < 4.78 is 38.6. The summed E-state index contributed by atoms with van der Waals surface area (Å²) in [6, 6.07) is 11.7. The molecule has 17 nitrogen and oxygen atoms in total. The van der Waals surface area contributed by atoms with Crippen molar-refractivity contribution in [1.82, 2.24) is 10.6 Å². The summed E-state index contributed by atoms with van der Waals surface area (Å²) in [5.41, 5.74) is 1.37. The van der Waals surface area contributed by atoms with E-state index in [0.717, 1.165) is 52.1 Å². The van der Waals surface area contributed by atoms with Gasteiger partial charge in [0.2, 0.25) is 10.8 Å². The number of carbonyl (C=O) groups excluding carboxylic acids is 8. The number of benzene rings is 2. The Hall–Kier alpha value is -5.49. The number of nitrogens with one attached hydrogen (secondary N) is 2. The van der Waals surface area contributed by atoms with E-state index in [1.54, 1.807) is 36.4 Å². The van der Waals surface area contributed by atoms with Gasteiger partial charge in [0.25, 0.3) is 5.91 Å². The number of methoxy groups -OCH3 is 1. The number of esters is 6. The zero-order valence-electron chi connectivity index (χ0n) is 31.4. The molecule has 1 aliphatic rings. The van der Waals surface area contributed by atoms with Crippen LogP contribution in [0.5, 0.6) is 5.75 Å². The summed E-state index contributed by atoms with van der Waals surface area (Å²) in [5.74, 6) is -6.17. The third-order valence-corrected chi connectivity index (χ3v) is 9.00. The van der Waals surface area contributed by atoms with Gasteiger partial charge in [0.1, 0.15) is 18.0 Å². The first-order valence-electron chi connectivity index (χ1n) is 16.9. The van der Waals surface area contributed by atoms with Gasteiger partial charge in [-0.3, -0.25) is 33.6 Å². The molecule has 1 saturated heterocycles. The number of hydrogen-bond donors (Lipinski definition) is 2. The fraction of sp³-hybridized carbons (Fsp3) is 0.459. The first kappa shape index (κ1) is 43.9. The molecule has 2 aromatic carbocycles. The van der Waals surface area contributed by atoms with Gasteiger partial charge in [-0.1, -0.05) is 41.6 Å². The molecular formula is C37H44N2O15S. The second-order valence-corrected chi connectivity index (χ2v) is 13.7. The Balaban J connectivity index is 2.13. The van der Waals surface area contributed by atoms with E-state index < -0.39 is 103 Å². The molecule has 6 atom stereocenters. The standard InChI is InChI=1S/C37H44N2O15S/c1-20-11-13-28(14-12-20)55-37(36(47)48-7)17-29(51-23(4)42)33(39-32(46)19-49-21(2)40)35(54-37)34(53-25(6)44)30(52-24(5)43)18-38-31(45)16-26-9-8-10-27(15-26)50-22(3)41/h8-15,29-30,33-35H,16-19H2,1-7H3,(H,38,45)(H,39,46)/t29-,30+,33+,34+,35+,37+/m0/s1. The average Bonchev–Trinajstić information content (AvgIpc) is 3.09. The Bertz CT molecular complexity index is 1750. The summed E-state index contributed by atoms with van der Waals surface area (Å²) in [5, 5.41) is 5.21. The lowest BCUT2D eigenvalue weighted by Gasteiger charge is -2.48. The molecule has 2 N–H and O–H groups in total. The fourth-order valence-electron chi connectivity index (χ4n) is 5.64. The van der Waals surface area contributed by atoms with Crippen molar-refractivity contribution >= 4 is 59.4 Å². The van der Waals surface area contributed by atoms with Crippen molar-refractivity contribution < 1.29 is 71.5 Å². The molecule has 0 unspecified atom stereocenters. The zero-order chi connectivity index (χ0) is 40.9. The fourth-order valence-corrected chi connectivity index (χ4v) is 6.86. The number of amides is 2. The minimum Gasteiger partial charge on any atom is -0.466 e. The van der Waals surface area contributed by atoms with Crippen molar-refractivity contribution in [2.24, 2.45) is 0 Å². The van der Waals surface area contributed by atoms with Crippen LogP contribution in [0.15, 0.2) is 53.4 Å². The van der Waals surface area contributed by atoms with Crippen LogP contribution in [0, 0.1) is 6.92 Å². The van der Waals surface area contributed by atoms with Crippen LogP contribution in [-0.4, -0.2) is 103 Å². The molecule has 1 fully saturated rings. The Morgan fingerprint density at radius 1 is 0.855 bits per heavy atom. The number of rotatable bonds is 16. The molecule has 18 heteroatoms. The monoisotopic (exact) mass is 788 g/mol. The van der Waals surface area contributed by atoms with Crippen LogP contribution in [0.3, 0.4) is 0 Å². The van der Waals surface area contributed by atoms with E-state index in [4.69, 9.17) is 33.2 Å². The maximum atomic E-state index is 13.8. The van der Waals surface area contributed by atoms with E-state index in [0.29, 0.717) is 10.5 Å². The van der Waals surface area contributed by atoms with Gasteiger partial charge in [0.05, 0.1) is 26.1 Å². The summed E-state index contributed by atoms with van der Waals surface area (Å²) in [6.07, 6.45) is -6.98. The van der Waals surface area contributed by atoms with E-state index in [2.05, 4.69) is 10.6 Å². The van der Waals surface area contributed by atoms with Crippen LogP contribution in [0.1, 0.15) is 52.2 Å². The molecule has 1 aliphatic heterocycles. The molecule has 2 aromatic rings. The van der Waals surface area contributed by atoms with Gasteiger partial charge < -0.3 is 43.8 Å². The molecule has 1 heterocycles. The quantitative estimate of drug-likeness (QED) is 0.141. The second kappa shape index (κ2) is 20.3. The largest absolute Gasteiger partial charge is 0.466 e. The summed E-state index contributed by atoms with van der Waals surface area (Å²) >= 11 is 0.890. The van der Waals surface area contributed by atoms with Crippen molar-refractivity contribution in [1.29, 1.82) is 0 Å². The van der Waals surface area contributed by atoms with Gasteiger partial charge in [-0.15, -0.1) is 0 Å². The summed E-state index contributed by atoms with van der Waals surface area (Å²) in [6.45, 7) is 6.10. The number of aryl methyl sites for hydroxylation is 1. The molecule has 3 rings (SSSR count). The molecule has 2 amide bonds. The topological polar surface area (TPSA) is 225 Å². The molecule has 298 valence electrons. The number of carbonyl (C=O) groups is 8. The van der Waals surface area contributed by atoms with Crippen LogP contribution in [0.25, 0.3) is 0 Å². The van der Waals surface area contributed by atoms with Crippen LogP contribution in [0.4, 0.5) is 0 Å². The Kier molecular flexibility index (Phi) is 16.2. The first-order chi connectivity index (χ1) is 25.9. The van der Waals surface area contributed by atoms with E-state index in [9.17, 15) is 38.4 Å². The van der Waals surface area contributed by atoms with Gasteiger partial charge in [-0.25, -0.2) is 4.79 Å². The predicted molar refractivity (Wildman–Crippen MR) is 191 cm³/mol. The predicted octanol–water partition coefficient (Wildman–Crippen LogP) is 1.87. The normalized spacial score (nSPS) is 20.0. The van der Waals surface area contributed by atoms with Crippen LogP contribution in [-0.2, 0) is 73.2 Å². The van der Waals surface area contributed by atoms with Crippen LogP contribution in [0.2, 0.25) is 0 Å². The average molecular weight is 789 g/mol. The van der Waals surface area contributed by atoms with E-state index in [1.807, 2.05) is 6.92 Å². The van der Waals surface area contributed by atoms with Gasteiger partial charge >= 0.3 is 35.8 Å². The highest BCUT2D eigenvalue weighted by Crippen LogP contribution is 2.46. The molecule has 55 heavy (non-hydrogen) atoms. The second-order valence-electron chi connectivity index (χ2n) is 12.4. The van der Waals surface area contributed by atoms with Gasteiger partial charge in [0, 0.05) is 45.9 Å². The Labute approximate surface area is 321 Å². The lowest BCUT2D eigenvalue weighted by atomic mass is 9.89. The van der Waals surface area contributed by atoms with E-state index in [1.165, 1.54) is 19.1 Å². The molecule has 0 bridgehead atoms. The molecular weight excluding hydrogens is 744 g/mol. The molecule has 0 saturated carbocycles. The Morgan fingerprint density at radius 3 is 2.11 bits per heavy atom. The summed E-state index contributed by atoms with van der Waals surface area (Å²) in [7, 11) is 1.11. The van der Waals surface area contributed by atoms with E-state index in [-0.39, 0.29) is 12.2 Å². The number of ether oxygens (including phenoxy) is 7. The number of thioether (sulfide) groups is 1. The minimum atomic E-state index is -2.04. The smallest absolute Gasteiger partial charge is 0.349 e.